The van der Waals surface area contributed by atoms with Crippen molar-refractivity contribution in [1.82, 2.24) is 15.9 Å². The minimum absolute atomic E-state index is 0.122. The smallest absolute Gasteiger partial charge is 0.0949 e. The van der Waals surface area contributed by atoms with Gasteiger partial charge in [0.05, 0.1) is 13.2 Å². The largest absolute Gasteiger partial charge is 0.395 e. The molecule has 1 aliphatic rings. The maximum atomic E-state index is 9.05. The summed E-state index contributed by atoms with van der Waals surface area (Å²) in [6.07, 6.45) is 0. The second-order valence-corrected chi connectivity index (χ2v) is 4.15. The number of rotatable bonds is 5. The van der Waals surface area contributed by atoms with Crippen molar-refractivity contribution in [3.63, 3.8) is 0 Å². The summed E-state index contributed by atoms with van der Waals surface area (Å²) in [5.74, 6) is 0. The van der Waals surface area contributed by atoms with Crippen LogP contribution in [-0.4, -0.2) is 42.4 Å². The molecule has 5 heteroatoms. The van der Waals surface area contributed by atoms with Crippen molar-refractivity contribution < 1.29 is 9.94 Å². The maximum Gasteiger partial charge on any atom is 0.0949 e. The van der Waals surface area contributed by atoms with Gasteiger partial charge in [0.15, 0.2) is 0 Å². The Morgan fingerprint density at radius 3 is 3.00 bits per heavy atom. The van der Waals surface area contributed by atoms with Gasteiger partial charge < -0.3 is 10.4 Å². The van der Waals surface area contributed by atoms with E-state index in [2.05, 4.69) is 10.9 Å². The van der Waals surface area contributed by atoms with Gasteiger partial charge in [0.1, 0.15) is 0 Å². The van der Waals surface area contributed by atoms with Gasteiger partial charge >= 0.3 is 0 Å². The van der Waals surface area contributed by atoms with E-state index in [1.807, 2.05) is 35.3 Å². The van der Waals surface area contributed by atoms with Crippen LogP contribution in [0.3, 0.4) is 0 Å². The van der Waals surface area contributed by atoms with E-state index in [1.54, 1.807) is 0 Å². The fourth-order valence-electron chi connectivity index (χ4n) is 1.81. The molecule has 0 saturated carbocycles. The fraction of sp³-hybridized carbons (Fsp3) is 0.500. The Kier molecular flexibility index (Phi) is 4.90. The number of benzene rings is 1. The molecule has 94 valence electrons. The minimum atomic E-state index is 0.122. The molecule has 1 heterocycles. The molecular weight excluding hydrogens is 218 g/mol. The summed E-state index contributed by atoms with van der Waals surface area (Å²) in [4.78, 5) is 5.42. The molecular formula is C12H19N3O2. The molecule has 0 amide bonds. The number of hydrogen-bond donors (Lipinski definition) is 3. The van der Waals surface area contributed by atoms with Gasteiger partial charge in [-0.15, -0.1) is 5.59 Å². The summed E-state index contributed by atoms with van der Waals surface area (Å²) in [6, 6.07) is 10.1. The van der Waals surface area contributed by atoms with Crippen molar-refractivity contribution in [1.29, 1.82) is 0 Å². The summed E-state index contributed by atoms with van der Waals surface area (Å²) in [7, 11) is 0. The molecule has 1 aliphatic heterocycles. The maximum absolute atomic E-state index is 9.05. The van der Waals surface area contributed by atoms with Crippen LogP contribution < -0.4 is 10.9 Å². The van der Waals surface area contributed by atoms with Crippen molar-refractivity contribution in [3.8, 4) is 0 Å². The molecule has 1 fully saturated rings. The number of nitrogens with one attached hydrogen (secondary N) is 2. The zero-order chi connectivity index (χ0) is 11.9. The number of hydrogen-bond acceptors (Lipinski definition) is 5. The van der Waals surface area contributed by atoms with Crippen LogP contribution in [0, 0.1) is 0 Å². The highest BCUT2D eigenvalue weighted by Crippen LogP contribution is 2.00. The van der Waals surface area contributed by atoms with Crippen molar-refractivity contribution in [2.75, 3.05) is 26.2 Å². The molecule has 0 aliphatic carbocycles. The zero-order valence-electron chi connectivity index (χ0n) is 9.80. The predicted octanol–water partition coefficient (Wildman–Crippen LogP) is -0.111. The normalized spacial score (nSPS) is 21.6. The molecule has 1 aromatic carbocycles. The quantitative estimate of drug-likeness (QED) is 0.624. The molecule has 3 N–H and O–H groups in total. The third-order valence-corrected chi connectivity index (χ3v) is 2.75. The van der Waals surface area contributed by atoms with E-state index in [9.17, 15) is 0 Å². The van der Waals surface area contributed by atoms with Crippen molar-refractivity contribution >= 4 is 0 Å². The zero-order valence-corrected chi connectivity index (χ0v) is 9.80. The first kappa shape index (κ1) is 12.5. The van der Waals surface area contributed by atoms with Crippen molar-refractivity contribution in [3.05, 3.63) is 35.9 Å². The average Bonchev–Trinajstić information content (AvgIpc) is 2.40. The van der Waals surface area contributed by atoms with Gasteiger partial charge in [0.2, 0.25) is 0 Å². The second kappa shape index (κ2) is 6.68. The van der Waals surface area contributed by atoms with Gasteiger partial charge in [-0.2, -0.15) is 0 Å². The number of piperazine rings is 1. The van der Waals surface area contributed by atoms with Gasteiger partial charge in [-0.1, -0.05) is 30.3 Å². The van der Waals surface area contributed by atoms with Crippen molar-refractivity contribution in [2.45, 2.75) is 12.6 Å². The van der Waals surface area contributed by atoms with E-state index in [0.717, 1.165) is 25.2 Å². The van der Waals surface area contributed by atoms with E-state index >= 15 is 0 Å². The van der Waals surface area contributed by atoms with E-state index in [0.29, 0.717) is 6.61 Å². The van der Waals surface area contributed by atoms with Crippen LogP contribution in [0.25, 0.3) is 0 Å². The predicted molar refractivity (Wildman–Crippen MR) is 64.8 cm³/mol. The van der Waals surface area contributed by atoms with Gasteiger partial charge in [-0.25, -0.2) is 5.01 Å². The topological polar surface area (TPSA) is 56.8 Å². The van der Waals surface area contributed by atoms with Crippen LogP contribution in [0.15, 0.2) is 30.3 Å². The molecule has 17 heavy (non-hydrogen) atoms. The van der Waals surface area contributed by atoms with Crippen LogP contribution >= 0.6 is 0 Å². The highest BCUT2D eigenvalue weighted by Gasteiger charge is 2.17. The highest BCUT2D eigenvalue weighted by atomic mass is 16.7. The van der Waals surface area contributed by atoms with Crippen LogP contribution in [0.5, 0.6) is 0 Å². The van der Waals surface area contributed by atoms with E-state index in [-0.39, 0.29) is 12.6 Å². The molecule has 1 unspecified atom stereocenters. The van der Waals surface area contributed by atoms with Crippen LogP contribution in [0.1, 0.15) is 5.56 Å². The molecule has 0 radical (unpaired) electrons. The highest BCUT2D eigenvalue weighted by molar-refractivity contribution is 5.13. The van der Waals surface area contributed by atoms with Gasteiger partial charge in [0, 0.05) is 25.7 Å². The number of hydrazine groups is 1. The molecule has 0 aromatic heterocycles. The van der Waals surface area contributed by atoms with Gasteiger partial charge in [-0.3, -0.25) is 4.84 Å². The lowest BCUT2D eigenvalue weighted by Gasteiger charge is -2.32. The van der Waals surface area contributed by atoms with E-state index in [4.69, 9.17) is 9.94 Å². The number of nitrogens with zero attached hydrogens (tertiary/aromatic N) is 1. The summed E-state index contributed by atoms with van der Waals surface area (Å²) in [6.45, 7) is 3.15. The molecule has 1 aromatic rings. The Balaban J connectivity index is 1.68. The molecule has 2 rings (SSSR count). The Labute approximate surface area is 101 Å². The average molecular weight is 237 g/mol. The monoisotopic (exact) mass is 237 g/mol. The summed E-state index contributed by atoms with van der Waals surface area (Å²) in [5.41, 5.74) is 4.05. The molecule has 0 spiro atoms. The summed E-state index contributed by atoms with van der Waals surface area (Å²) < 4.78 is 0. The van der Waals surface area contributed by atoms with E-state index in [1.165, 1.54) is 0 Å². The molecule has 5 nitrogen and oxygen atoms in total. The van der Waals surface area contributed by atoms with Gasteiger partial charge in [0.25, 0.3) is 0 Å². The third kappa shape index (κ3) is 4.07. The number of aliphatic hydroxyl groups is 1. The minimum Gasteiger partial charge on any atom is -0.395 e. The van der Waals surface area contributed by atoms with Crippen LogP contribution in [-0.2, 0) is 11.4 Å². The Morgan fingerprint density at radius 2 is 2.24 bits per heavy atom. The third-order valence-electron chi connectivity index (χ3n) is 2.75. The molecule has 1 atom stereocenters. The fourth-order valence-corrected chi connectivity index (χ4v) is 1.81. The summed E-state index contributed by atoms with van der Waals surface area (Å²) in [5, 5.41) is 14.2. The first-order chi connectivity index (χ1) is 8.38. The number of aliphatic hydroxyl groups excluding tert-OH is 1. The Bertz CT molecular complexity index is 321. The lowest BCUT2D eigenvalue weighted by atomic mass is 10.2. The van der Waals surface area contributed by atoms with Crippen molar-refractivity contribution in [2.24, 2.45) is 0 Å². The van der Waals surface area contributed by atoms with Crippen LogP contribution in [0.4, 0.5) is 0 Å². The Morgan fingerprint density at radius 1 is 1.41 bits per heavy atom. The Hall–Kier alpha value is -0.980. The van der Waals surface area contributed by atoms with Gasteiger partial charge in [-0.05, 0) is 5.56 Å². The molecule has 1 saturated heterocycles. The van der Waals surface area contributed by atoms with Crippen LogP contribution in [0.2, 0.25) is 0 Å². The first-order valence-corrected chi connectivity index (χ1v) is 5.89. The lowest BCUT2D eigenvalue weighted by Crippen LogP contribution is -2.56. The first-order valence-electron chi connectivity index (χ1n) is 5.89. The second-order valence-electron chi connectivity index (χ2n) is 4.15. The standard InChI is InChI=1S/C12H19N3O2/c16-9-12-8-15(7-6-13-12)14-17-10-11-4-2-1-3-5-11/h1-5,12-14,16H,6-10H2. The summed E-state index contributed by atoms with van der Waals surface area (Å²) >= 11 is 0. The SMILES string of the molecule is OCC1CN(NOCc2ccccc2)CCN1. The molecule has 0 bridgehead atoms. The lowest BCUT2D eigenvalue weighted by molar-refractivity contribution is -0.104. The van der Waals surface area contributed by atoms with E-state index < -0.39 is 0 Å².